The molecule has 0 heterocycles. The molecule has 1 saturated carbocycles. The Hall–Kier alpha value is -0.380. The van der Waals surface area contributed by atoms with Gasteiger partial charge in [-0.25, -0.2) is 0 Å². The Morgan fingerprint density at radius 3 is 2.38 bits per heavy atom. The SMILES string of the molecule is CC1CC(O)CC(C)(C)[C@]1(O)/C=C/[C@H](C)O. The molecule has 0 saturated heterocycles. The molecule has 0 bridgehead atoms. The highest BCUT2D eigenvalue weighted by atomic mass is 16.3. The normalized spacial score (nSPS) is 41.2. The number of aliphatic hydroxyl groups is 3. The summed E-state index contributed by atoms with van der Waals surface area (Å²) in [6.07, 6.45) is 3.61. The number of aliphatic hydroxyl groups excluding tert-OH is 2. The van der Waals surface area contributed by atoms with Crippen molar-refractivity contribution in [2.45, 2.75) is 58.3 Å². The second-order valence-corrected chi connectivity index (χ2v) is 5.80. The monoisotopic (exact) mass is 228 g/mol. The Labute approximate surface area is 97.8 Å². The van der Waals surface area contributed by atoms with Crippen molar-refractivity contribution in [3.63, 3.8) is 0 Å². The molecule has 0 spiro atoms. The lowest BCUT2D eigenvalue weighted by Gasteiger charge is -2.50. The fourth-order valence-electron chi connectivity index (χ4n) is 2.77. The second-order valence-electron chi connectivity index (χ2n) is 5.80. The third kappa shape index (κ3) is 2.47. The molecule has 1 rings (SSSR count). The molecule has 2 unspecified atom stereocenters. The first-order valence-corrected chi connectivity index (χ1v) is 5.97. The Balaban J connectivity index is 2.98. The molecule has 0 aromatic carbocycles. The maximum atomic E-state index is 10.7. The fourth-order valence-corrected chi connectivity index (χ4v) is 2.77. The van der Waals surface area contributed by atoms with Gasteiger partial charge in [-0.3, -0.25) is 0 Å². The number of hydrogen-bond acceptors (Lipinski definition) is 3. The predicted molar refractivity (Wildman–Crippen MR) is 64.0 cm³/mol. The minimum absolute atomic E-state index is 0.0127. The molecule has 0 radical (unpaired) electrons. The lowest BCUT2D eigenvalue weighted by molar-refractivity contribution is -0.127. The summed E-state index contributed by atoms with van der Waals surface area (Å²) in [6, 6.07) is 0. The van der Waals surface area contributed by atoms with E-state index < -0.39 is 11.7 Å². The summed E-state index contributed by atoms with van der Waals surface area (Å²) in [4.78, 5) is 0. The second kappa shape index (κ2) is 4.47. The lowest BCUT2D eigenvalue weighted by atomic mass is 9.60. The van der Waals surface area contributed by atoms with Gasteiger partial charge in [0.1, 0.15) is 0 Å². The van der Waals surface area contributed by atoms with E-state index in [0.717, 1.165) is 0 Å². The van der Waals surface area contributed by atoms with Crippen molar-refractivity contribution >= 4 is 0 Å². The molecule has 3 N–H and O–H groups in total. The van der Waals surface area contributed by atoms with Gasteiger partial charge in [0, 0.05) is 0 Å². The summed E-state index contributed by atoms with van der Waals surface area (Å²) in [7, 11) is 0. The first-order valence-electron chi connectivity index (χ1n) is 5.97. The van der Waals surface area contributed by atoms with E-state index in [0.29, 0.717) is 12.8 Å². The minimum atomic E-state index is -0.955. The molecule has 1 aliphatic rings. The van der Waals surface area contributed by atoms with Gasteiger partial charge in [-0.15, -0.1) is 0 Å². The van der Waals surface area contributed by atoms with Gasteiger partial charge in [-0.05, 0) is 31.1 Å². The zero-order chi connectivity index (χ0) is 12.6. The Bertz CT molecular complexity index is 270. The lowest BCUT2D eigenvalue weighted by Crippen LogP contribution is -2.54. The van der Waals surface area contributed by atoms with Gasteiger partial charge in [0.05, 0.1) is 17.8 Å². The van der Waals surface area contributed by atoms with E-state index >= 15 is 0 Å². The largest absolute Gasteiger partial charge is 0.393 e. The number of rotatable bonds is 2. The van der Waals surface area contributed by atoms with Crippen LogP contribution < -0.4 is 0 Å². The van der Waals surface area contributed by atoms with Crippen LogP contribution in [0, 0.1) is 11.3 Å². The van der Waals surface area contributed by atoms with Crippen molar-refractivity contribution in [3.05, 3.63) is 12.2 Å². The van der Waals surface area contributed by atoms with Gasteiger partial charge in [0.25, 0.3) is 0 Å². The molecule has 0 aromatic rings. The summed E-state index contributed by atoms with van der Waals surface area (Å²) in [6.45, 7) is 7.52. The van der Waals surface area contributed by atoms with Gasteiger partial charge in [-0.1, -0.05) is 32.9 Å². The smallest absolute Gasteiger partial charge is 0.0906 e. The highest BCUT2D eigenvalue weighted by molar-refractivity contribution is 5.14. The molecule has 0 aromatic heterocycles. The van der Waals surface area contributed by atoms with Gasteiger partial charge in [0.15, 0.2) is 0 Å². The van der Waals surface area contributed by atoms with E-state index in [1.807, 2.05) is 20.8 Å². The Morgan fingerprint density at radius 2 is 1.94 bits per heavy atom. The van der Waals surface area contributed by atoms with Crippen LogP contribution in [0.2, 0.25) is 0 Å². The standard InChI is InChI=1S/C13H24O3/c1-9-7-11(15)8-12(3,4)13(9,16)6-5-10(2)14/h5-6,9-11,14-16H,7-8H2,1-4H3/b6-5+/t9?,10-,11?,13-/m0/s1. The van der Waals surface area contributed by atoms with Crippen molar-refractivity contribution in [3.8, 4) is 0 Å². The molecule has 4 atom stereocenters. The van der Waals surface area contributed by atoms with E-state index in [1.165, 1.54) is 0 Å². The molecular weight excluding hydrogens is 204 g/mol. The maximum Gasteiger partial charge on any atom is 0.0906 e. The van der Waals surface area contributed by atoms with E-state index in [4.69, 9.17) is 0 Å². The highest BCUT2D eigenvalue weighted by Gasteiger charge is 2.50. The molecule has 94 valence electrons. The maximum absolute atomic E-state index is 10.7. The molecular formula is C13H24O3. The van der Waals surface area contributed by atoms with Crippen LogP contribution in [0.15, 0.2) is 12.2 Å². The van der Waals surface area contributed by atoms with Crippen molar-refractivity contribution in [2.75, 3.05) is 0 Å². The first-order chi connectivity index (χ1) is 7.19. The van der Waals surface area contributed by atoms with Crippen LogP contribution in [-0.4, -0.2) is 33.1 Å². The van der Waals surface area contributed by atoms with E-state index in [2.05, 4.69) is 0 Å². The predicted octanol–water partition coefficient (Wildman–Crippen LogP) is 1.47. The third-order valence-corrected chi connectivity index (χ3v) is 3.84. The fraction of sp³-hybridized carbons (Fsp3) is 0.846. The van der Waals surface area contributed by atoms with Crippen LogP contribution in [0.1, 0.15) is 40.5 Å². The van der Waals surface area contributed by atoms with Gasteiger partial charge < -0.3 is 15.3 Å². The van der Waals surface area contributed by atoms with Gasteiger partial charge >= 0.3 is 0 Å². The zero-order valence-corrected chi connectivity index (χ0v) is 10.6. The number of hydrogen-bond donors (Lipinski definition) is 3. The van der Waals surface area contributed by atoms with Crippen LogP contribution in [0.25, 0.3) is 0 Å². The Morgan fingerprint density at radius 1 is 1.38 bits per heavy atom. The zero-order valence-electron chi connectivity index (χ0n) is 10.6. The summed E-state index contributed by atoms with van der Waals surface area (Å²) in [5.74, 6) is -0.0127. The average Bonchev–Trinajstić information content (AvgIpc) is 2.10. The summed E-state index contributed by atoms with van der Waals surface area (Å²) >= 11 is 0. The van der Waals surface area contributed by atoms with E-state index in [9.17, 15) is 15.3 Å². The van der Waals surface area contributed by atoms with Crippen LogP contribution in [0.5, 0.6) is 0 Å². The van der Waals surface area contributed by atoms with Gasteiger partial charge in [-0.2, -0.15) is 0 Å². The molecule has 16 heavy (non-hydrogen) atoms. The van der Waals surface area contributed by atoms with Gasteiger partial charge in [0.2, 0.25) is 0 Å². The first kappa shape index (κ1) is 13.7. The quantitative estimate of drug-likeness (QED) is 0.627. The topological polar surface area (TPSA) is 60.7 Å². The van der Waals surface area contributed by atoms with Crippen molar-refractivity contribution < 1.29 is 15.3 Å². The van der Waals surface area contributed by atoms with Crippen molar-refractivity contribution in [1.82, 2.24) is 0 Å². The molecule has 1 aliphatic carbocycles. The van der Waals surface area contributed by atoms with Crippen LogP contribution in [0.4, 0.5) is 0 Å². The summed E-state index contributed by atoms with van der Waals surface area (Å²) in [5, 5.41) is 29.7. The molecule has 3 heteroatoms. The summed E-state index contributed by atoms with van der Waals surface area (Å²) < 4.78 is 0. The van der Waals surface area contributed by atoms with Crippen LogP contribution >= 0.6 is 0 Å². The summed E-state index contributed by atoms with van der Waals surface area (Å²) in [5.41, 5.74) is -1.33. The van der Waals surface area contributed by atoms with E-state index in [-0.39, 0.29) is 17.4 Å². The van der Waals surface area contributed by atoms with Crippen molar-refractivity contribution in [1.29, 1.82) is 0 Å². The average molecular weight is 228 g/mol. The van der Waals surface area contributed by atoms with E-state index in [1.54, 1.807) is 19.1 Å². The molecule has 3 nitrogen and oxygen atoms in total. The third-order valence-electron chi connectivity index (χ3n) is 3.84. The van der Waals surface area contributed by atoms with Crippen molar-refractivity contribution in [2.24, 2.45) is 11.3 Å². The van der Waals surface area contributed by atoms with Crippen LogP contribution in [-0.2, 0) is 0 Å². The Kier molecular flexibility index (Phi) is 3.83. The molecule has 1 fully saturated rings. The van der Waals surface area contributed by atoms with Crippen LogP contribution in [0.3, 0.4) is 0 Å². The molecule has 0 aliphatic heterocycles. The highest BCUT2D eigenvalue weighted by Crippen LogP contribution is 2.47. The minimum Gasteiger partial charge on any atom is -0.393 e. The molecule has 0 amide bonds.